The van der Waals surface area contributed by atoms with E-state index in [-0.39, 0.29) is 5.75 Å². The van der Waals surface area contributed by atoms with E-state index in [1.165, 1.54) is 24.3 Å². The molecule has 0 aliphatic rings. The summed E-state index contributed by atoms with van der Waals surface area (Å²) >= 11 is 0. The molecule has 0 aliphatic heterocycles. The Morgan fingerprint density at radius 1 is 1.07 bits per heavy atom. The predicted octanol–water partition coefficient (Wildman–Crippen LogP) is 2.98. The van der Waals surface area contributed by atoms with Gasteiger partial charge in [-0.1, -0.05) is 0 Å². The SMILES string of the molecule is CCOc1ccc(OC(F)(F)F)cc1. The Morgan fingerprint density at radius 2 is 1.57 bits per heavy atom. The number of hydrogen-bond acceptors (Lipinski definition) is 2. The van der Waals surface area contributed by atoms with Crippen LogP contribution in [0.5, 0.6) is 11.5 Å². The van der Waals surface area contributed by atoms with Crippen LogP contribution in [0.15, 0.2) is 24.3 Å². The molecule has 0 unspecified atom stereocenters. The second-order valence-corrected chi connectivity index (χ2v) is 2.45. The van der Waals surface area contributed by atoms with Gasteiger partial charge in [-0.15, -0.1) is 13.2 Å². The van der Waals surface area contributed by atoms with Gasteiger partial charge < -0.3 is 9.47 Å². The molecule has 14 heavy (non-hydrogen) atoms. The monoisotopic (exact) mass is 206 g/mol. The fourth-order valence-electron chi connectivity index (χ4n) is 0.904. The fourth-order valence-corrected chi connectivity index (χ4v) is 0.904. The lowest BCUT2D eigenvalue weighted by Gasteiger charge is -2.09. The van der Waals surface area contributed by atoms with Crippen LogP contribution in [0.4, 0.5) is 13.2 Å². The minimum atomic E-state index is -4.65. The van der Waals surface area contributed by atoms with Gasteiger partial charge in [0.1, 0.15) is 11.5 Å². The van der Waals surface area contributed by atoms with Crippen molar-refractivity contribution in [3.05, 3.63) is 24.3 Å². The number of benzene rings is 1. The standard InChI is InChI=1S/C9H9F3O2/c1-2-13-7-3-5-8(6-4-7)14-9(10,11)12/h3-6H,2H2,1H3. The summed E-state index contributed by atoms with van der Waals surface area (Å²) in [6.07, 6.45) is -4.65. The van der Waals surface area contributed by atoms with Crippen molar-refractivity contribution in [3.63, 3.8) is 0 Å². The molecule has 0 N–H and O–H groups in total. The van der Waals surface area contributed by atoms with Crippen molar-refractivity contribution in [2.45, 2.75) is 13.3 Å². The van der Waals surface area contributed by atoms with Gasteiger partial charge in [0.25, 0.3) is 0 Å². The van der Waals surface area contributed by atoms with Crippen molar-refractivity contribution in [1.29, 1.82) is 0 Å². The number of ether oxygens (including phenoxy) is 2. The van der Waals surface area contributed by atoms with E-state index in [2.05, 4.69) is 4.74 Å². The van der Waals surface area contributed by atoms with Crippen LogP contribution in [-0.4, -0.2) is 13.0 Å². The molecule has 0 aliphatic carbocycles. The van der Waals surface area contributed by atoms with E-state index < -0.39 is 6.36 Å². The fraction of sp³-hybridized carbons (Fsp3) is 0.333. The van der Waals surface area contributed by atoms with Gasteiger partial charge in [0.05, 0.1) is 6.61 Å². The number of hydrogen-bond donors (Lipinski definition) is 0. The molecule has 2 nitrogen and oxygen atoms in total. The topological polar surface area (TPSA) is 18.5 Å². The molecule has 0 atom stereocenters. The molecule has 0 spiro atoms. The summed E-state index contributed by atoms with van der Waals surface area (Å²) < 4.78 is 43.9. The average Bonchev–Trinajstić information content (AvgIpc) is 2.06. The van der Waals surface area contributed by atoms with Crippen molar-refractivity contribution in [1.82, 2.24) is 0 Å². The van der Waals surface area contributed by atoms with E-state index in [1.54, 1.807) is 6.92 Å². The smallest absolute Gasteiger partial charge is 0.494 e. The molecule has 0 saturated heterocycles. The molecule has 0 radical (unpaired) electrons. The molecular weight excluding hydrogens is 197 g/mol. The summed E-state index contributed by atoms with van der Waals surface area (Å²) in [5.41, 5.74) is 0. The summed E-state index contributed by atoms with van der Waals surface area (Å²) in [6.45, 7) is 2.26. The Kier molecular flexibility index (Phi) is 3.22. The highest BCUT2D eigenvalue weighted by Crippen LogP contribution is 2.24. The third-order valence-electron chi connectivity index (χ3n) is 1.37. The van der Waals surface area contributed by atoms with Gasteiger partial charge in [0.15, 0.2) is 0 Å². The van der Waals surface area contributed by atoms with Crippen LogP contribution in [0.2, 0.25) is 0 Å². The normalized spacial score (nSPS) is 11.1. The molecule has 0 amide bonds. The summed E-state index contributed by atoms with van der Waals surface area (Å²) in [4.78, 5) is 0. The first-order valence-electron chi connectivity index (χ1n) is 4.00. The third kappa shape index (κ3) is 3.55. The van der Waals surface area contributed by atoms with Gasteiger partial charge in [-0.2, -0.15) is 0 Å². The molecule has 78 valence electrons. The molecule has 0 saturated carbocycles. The van der Waals surface area contributed by atoms with Gasteiger partial charge >= 0.3 is 6.36 Å². The highest BCUT2D eigenvalue weighted by Gasteiger charge is 2.30. The molecule has 0 bridgehead atoms. The van der Waals surface area contributed by atoms with Crippen molar-refractivity contribution < 1.29 is 22.6 Å². The van der Waals surface area contributed by atoms with E-state index in [0.717, 1.165) is 0 Å². The highest BCUT2D eigenvalue weighted by molar-refractivity contribution is 5.31. The van der Waals surface area contributed by atoms with E-state index in [4.69, 9.17) is 4.74 Å². The Hall–Kier alpha value is -1.39. The lowest BCUT2D eigenvalue weighted by molar-refractivity contribution is -0.274. The van der Waals surface area contributed by atoms with Crippen LogP contribution in [0.3, 0.4) is 0 Å². The maximum atomic E-state index is 11.7. The molecule has 1 aromatic carbocycles. The number of alkyl halides is 3. The Bertz CT molecular complexity index is 279. The summed E-state index contributed by atoms with van der Waals surface area (Å²) in [7, 11) is 0. The molecule has 0 fully saturated rings. The van der Waals surface area contributed by atoms with Crippen LogP contribution in [0.25, 0.3) is 0 Å². The number of halogens is 3. The minimum absolute atomic E-state index is 0.249. The average molecular weight is 206 g/mol. The summed E-state index contributed by atoms with van der Waals surface area (Å²) in [6, 6.07) is 5.26. The lowest BCUT2D eigenvalue weighted by Crippen LogP contribution is -2.16. The molecule has 1 aromatic rings. The molecule has 0 aromatic heterocycles. The Labute approximate surface area is 79.2 Å². The maximum Gasteiger partial charge on any atom is 0.573 e. The largest absolute Gasteiger partial charge is 0.573 e. The Morgan fingerprint density at radius 3 is 2.00 bits per heavy atom. The van der Waals surface area contributed by atoms with Gasteiger partial charge in [-0.3, -0.25) is 0 Å². The van der Waals surface area contributed by atoms with Crippen molar-refractivity contribution in [2.75, 3.05) is 6.61 Å². The van der Waals surface area contributed by atoms with Gasteiger partial charge in [0.2, 0.25) is 0 Å². The van der Waals surface area contributed by atoms with Crippen molar-refractivity contribution in [3.8, 4) is 11.5 Å². The van der Waals surface area contributed by atoms with E-state index >= 15 is 0 Å². The zero-order valence-corrected chi connectivity index (χ0v) is 7.47. The molecule has 5 heteroatoms. The van der Waals surface area contributed by atoms with Crippen LogP contribution in [0, 0.1) is 0 Å². The van der Waals surface area contributed by atoms with Crippen molar-refractivity contribution in [2.24, 2.45) is 0 Å². The highest BCUT2D eigenvalue weighted by atomic mass is 19.4. The van der Waals surface area contributed by atoms with Crippen LogP contribution >= 0.6 is 0 Å². The van der Waals surface area contributed by atoms with Crippen LogP contribution in [-0.2, 0) is 0 Å². The van der Waals surface area contributed by atoms with Gasteiger partial charge in [-0.05, 0) is 31.2 Å². The zero-order chi connectivity index (χ0) is 10.6. The molecule has 0 heterocycles. The van der Waals surface area contributed by atoms with E-state index in [0.29, 0.717) is 12.4 Å². The predicted molar refractivity (Wildman–Crippen MR) is 44.3 cm³/mol. The quantitative estimate of drug-likeness (QED) is 0.756. The summed E-state index contributed by atoms with van der Waals surface area (Å²) in [5.74, 6) is 0.267. The molecule has 1 rings (SSSR count). The van der Waals surface area contributed by atoms with Crippen LogP contribution in [0.1, 0.15) is 6.92 Å². The lowest BCUT2D eigenvalue weighted by atomic mass is 10.3. The van der Waals surface area contributed by atoms with Gasteiger partial charge in [0, 0.05) is 0 Å². The first-order chi connectivity index (χ1) is 6.51. The number of rotatable bonds is 3. The Balaban J connectivity index is 2.64. The van der Waals surface area contributed by atoms with Crippen molar-refractivity contribution >= 4 is 0 Å². The third-order valence-corrected chi connectivity index (χ3v) is 1.37. The second kappa shape index (κ2) is 4.21. The first kappa shape index (κ1) is 10.7. The van der Waals surface area contributed by atoms with Crippen LogP contribution < -0.4 is 9.47 Å². The van der Waals surface area contributed by atoms with E-state index in [9.17, 15) is 13.2 Å². The molecular formula is C9H9F3O2. The maximum absolute atomic E-state index is 11.7. The summed E-state index contributed by atoms with van der Waals surface area (Å²) in [5, 5.41) is 0. The first-order valence-corrected chi connectivity index (χ1v) is 4.00. The van der Waals surface area contributed by atoms with E-state index in [1.807, 2.05) is 0 Å². The second-order valence-electron chi connectivity index (χ2n) is 2.45. The minimum Gasteiger partial charge on any atom is -0.494 e. The van der Waals surface area contributed by atoms with Gasteiger partial charge in [-0.25, -0.2) is 0 Å². The zero-order valence-electron chi connectivity index (χ0n) is 7.47.